The number of hydrogen-bond donors (Lipinski definition) is 2. The molecule has 0 aliphatic rings. The highest BCUT2D eigenvalue weighted by Crippen LogP contribution is 2.24. The second-order valence-electron chi connectivity index (χ2n) is 5.41. The van der Waals surface area contributed by atoms with E-state index in [2.05, 4.69) is 28.5 Å². The molecule has 1 atom stereocenters. The zero-order valence-corrected chi connectivity index (χ0v) is 15.9. The number of aryl methyl sites for hydroxylation is 1. The summed E-state index contributed by atoms with van der Waals surface area (Å²) in [5, 5.41) is 0. The van der Waals surface area contributed by atoms with Crippen LogP contribution in [0.1, 0.15) is 15.5 Å². The van der Waals surface area contributed by atoms with Crippen LogP contribution in [-0.2, 0) is 4.79 Å². The third-order valence-corrected chi connectivity index (χ3v) is 2.90. The Hall–Kier alpha value is -3.06. The summed E-state index contributed by atoms with van der Waals surface area (Å²) in [5.74, 6) is -6.30. The molecule has 0 aliphatic heterocycles. The van der Waals surface area contributed by atoms with Crippen LogP contribution >= 0.6 is 0 Å². The molecule has 0 bridgehead atoms. The lowest BCUT2D eigenvalue weighted by Crippen LogP contribution is -2.35. The number of aromatic nitrogens is 3. The smallest absolute Gasteiger partial charge is 0.276 e. The number of ether oxygens (including phenoxy) is 1. The van der Waals surface area contributed by atoms with Gasteiger partial charge >= 0.3 is 0 Å². The lowest BCUT2D eigenvalue weighted by molar-refractivity contribution is -0.132. The van der Waals surface area contributed by atoms with E-state index in [4.69, 9.17) is 10.5 Å². The quantitative estimate of drug-likeness (QED) is 0.545. The molecule has 0 aliphatic carbocycles. The average molecular weight is 441 g/mol. The van der Waals surface area contributed by atoms with Crippen molar-refractivity contribution in [3.05, 3.63) is 30.0 Å². The Bertz CT molecular complexity index is 836. The summed E-state index contributed by atoms with van der Waals surface area (Å²) in [6.45, 7) is 0.738. The van der Waals surface area contributed by atoms with Gasteiger partial charge in [0.2, 0.25) is 6.93 Å². The maximum Gasteiger partial charge on any atom is 0.276 e. The summed E-state index contributed by atoms with van der Waals surface area (Å²) in [6.07, 6.45) is 2.03. The van der Waals surface area contributed by atoms with Crippen molar-refractivity contribution in [3.63, 3.8) is 0 Å². The van der Waals surface area contributed by atoms with Crippen molar-refractivity contribution < 1.29 is 38.7 Å². The fourth-order valence-corrected chi connectivity index (χ4v) is 1.65. The number of hydrogen-bond acceptors (Lipinski definition) is 6. The van der Waals surface area contributed by atoms with Gasteiger partial charge in [0, 0.05) is 14.6 Å². The topological polar surface area (TPSA) is 117 Å². The number of primary amides is 1. The van der Waals surface area contributed by atoms with Crippen LogP contribution < -0.4 is 16.2 Å². The minimum atomic E-state index is -3.86. The molecule has 2 aromatic heterocycles. The number of nitrogen functional groups attached to an aromatic ring is 1. The highest BCUT2D eigenvalue weighted by Gasteiger charge is 2.27. The van der Waals surface area contributed by atoms with Crippen LogP contribution in [0.15, 0.2) is 18.5 Å². The van der Waals surface area contributed by atoms with E-state index in [-0.39, 0.29) is 14.6 Å². The Morgan fingerprint density at radius 1 is 1.30 bits per heavy atom. The summed E-state index contributed by atoms with van der Waals surface area (Å²) >= 11 is 0. The van der Waals surface area contributed by atoms with E-state index in [9.17, 15) is 31.1 Å². The van der Waals surface area contributed by atoms with Gasteiger partial charge in [0.15, 0.2) is 13.7 Å². The zero-order valence-electron chi connectivity index (χ0n) is 15.9. The van der Waals surface area contributed by atoms with Gasteiger partial charge in [-0.15, -0.1) is 0 Å². The van der Waals surface area contributed by atoms with Gasteiger partial charge in [-0.1, -0.05) is 0 Å². The van der Waals surface area contributed by atoms with E-state index in [0.29, 0.717) is 17.0 Å². The van der Waals surface area contributed by atoms with Gasteiger partial charge in [-0.25, -0.2) is 36.3 Å². The third-order valence-electron chi connectivity index (χ3n) is 2.90. The zero-order chi connectivity index (χ0) is 23.5. The molecule has 4 N–H and O–H groups in total. The highest BCUT2D eigenvalue weighted by atomic mass is 19.3. The Balaban J connectivity index is -0.000000597. The number of carbonyl (C=O) groups excluding carboxylic acids is 1. The number of amides is 1. The van der Waals surface area contributed by atoms with Crippen molar-refractivity contribution in [2.75, 3.05) is 19.3 Å². The van der Waals surface area contributed by atoms with Crippen molar-refractivity contribution in [1.82, 2.24) is 15.0 Å². The van der Waals surface area contributed by atoms with Crippen LogP contribution in [0, 0.1) is 12.7 Å². The number of carbonyl (C=O) groups is 1. The number of rotatable bonds is 5. The van der Waals surface area contributed by atoms with Gasteiger partial charge in [-0.2, -0.15) is 0 Å². The van der Waals surface area contributed by atoms with Crippen LogP contribution in [0.25, 0.3) is 11.3 Å². The molecule has 1 amide bonds. The first-order valence-corrected chi connectivity index (χ1v) is 7.93. The lowest BCUT2D eigenvalue weighted by atomic mass is 9.99. The van der Waals surface area contributed by atoms with E-state index in [1.807, 2.05) is 0 Å². The van der Waals surface area contributed by atoms with E-state index in [0.717, 1.165) is 0 Å². The predicted molar refractivity (Wildman–Crippen MR) is 102 cm³/mol. The summed E-state index contributed by atoms with van der Waals surface area (Å²) in [4.78, 5) is 21.4. The molecule has 14 heteroatoms. The monoisotopic (exact) mass is 441 g/mol. The van der Waals surface area contributed by atoms with Gasteiger partial charge < -0.3 is 16.2 Å². The molecule has 0 saturated carbocycles. The predicted octanol–water partition coefficient (Wildman–Crippen LogP) is 2.91. The van der Waals surface area contributed by atoms with E-state index >= 15 is 0 Å². The maximum absolute atomic E-state index is 13.9. The molecule has 2 radical (unpaired) electrons. The number of nitrogens with two attached hydrogens (primary N) is 2. The molecular formula is C16H22BF6N5O2. The first-order valence-electron chi connectivity index (χ1n) is 7.93. The first-order chi connectivity index (χ1) is 13.9. The molecule has 7 nitrogen and oxygen atoms in total. The largest absolute Gasteiger partial charge is 0.470 e. The Labute approximate surface area is 172 Å². The number of halogens is 6. The Kier molecular flexibility index (Phi) is 11.2. The minimum absolute atomic E-state index is 0. The van der Waals surface area contributed by atoms with Gasteiger partial charge in [0.25, 0.3) is 17.6 Å². The van der Waals surface area contributed by atoms with Crippen LogP contribution in [0.2, 0.25) is 0 Å². The van der Waals surface area contributed by atoms with Gasteiger partial charge in [-0.05, 0) is 19.9 Å². The number of pyridine rings is 1. The molecule has 0 saturated heterocycles. The first kappa shape index (κ1) is 26.9. The van der Waals surface area contributed by atoms with Crippen molar-refractivity contribution in [1.29, 1.82) is 0 Å². The molecule has 2 rings (SSSR count). The summed E-state index contributed by atoms with van der Waals surface area (Å²) < 4.78 is 72.8. The van der Waals surface area contributed by atoms with Crippen LogP contribution in [0.5, 0.6) is 5.88 Å². The van der Waals surface area contributed by atoms with Crippen molar-refractivity contribution in [2.24, 2.45) is 5.73 Å². The molecule has 30 heavy (non-hydrogen) atoms. The fraction of sp³-hybridized carbons (Fsp3) is 0.375. The fourth-order valence-electron chi connectivity index (χ4n) is 1.65. The van der Waals surface area contributed by atoms with E-state index in [1.165, 1.54) is 25.4 Å². The molecule has 0 unspecified atom stereocenters. The van der Waals surface area contributed by atoms with Gasteiger partial charge in [0.05, 0.1) is 17.6 Å². The summed E-state index contributed by atoms with van der Waals surface area (Å²) in [5.41, 5.74) is 11.1. The van der Waals surface area contributed by atoms with Crippen molar-refractivity contribution in [3.8, 4) is 17.1 Å². The van der Waals surface area contributed by atoms with Gasteiger partial charge in [0.1, 0.15) is 18.6 Å². The molecule has 2 heterocycles. The number of nitrogens with zero attached hydrogens (tertiary/aromatic N) is 3. The van der Waals surface area contributed by atoms with Crippen molar-refractivity contribution >= 4 is 19.6 Å². The Morgan fingerprint density at radius 3 is 2.23 bits per heavy atom. The lowest BCUT2D eigenvalue weighted by Gasteiger charge is -2.11. The molecule has 0 fully saturated rings. The van der Waals surface area contributed by atoms with Crippen LogP contribution in [-0.4, -0.2) is 54.2 Å². The Morgan fingerprint density at radius 2 is 1.83 bits per heavy atom. The second-order valence-corrected chi connectivity index (χ2v) is 5.41. The summed E-state index contributed by atoms with van der Waals surface area (Å²) in [6, 6.07) is 1.22. The summed E-state index contributed by atoms with van der Waals surface area (Å²) in [7, 11) is 3.87. The van der Waals surface area contributed by atoms with Crippen LogP contribution in [0.3, 0.4) is 0 Å². The van der Waals surface area contributed by atoms with E-state index in [1.54, 1.807) is 6.92 Å². The SMILES string of the molecule is Cc1nc(N)cnc1-c1cnc(O[C@@H](C)CF)c(F)c1.FCF.[B]C(F)(F)C(N)=O.[HH].[HH]. The van der Waals surface area contributed by atoms with Gasteiger partial charge in [-0.3, -0.25) is 9.78 Å². The molecule has 168 valence electrons. The second kappa shape index (κ2) is 12.5. The molecule has 0 spiro atoms. The minimum Gasteiger partial charge on any atom is -0.470 e. The average Bonchev–Trinajstić information content (AvgIpc) is 2.63. The molecule has 0 aromatic carbocycles. The normalized spacial score (nSPS) is 11.3. The van der Waals surface area contributed by atoms with Crippen LogP contribution in [0.4, 0.5) is 32.2 Å². The standard InChI is InChI=1S/C13H14F2N4O.C2H2BF2NO.CH2F2.2H2/c1-7(4-14)20-13-10(15)3-9(5-18-13)12-8(2)19-11(16)6-17-12;3-2(4,5)1(6)7;2-1-3;;/h3,5-7H,4H2,1-2H3,(H2,16,19);(H2,6,7);1H2;2*1H/t7-;;;;/m0..../s1. The highest BCUT2D eigenvalue weighted by molar-refractivity contribution is 6.25. The van der Waals surface area contributed by atoms with E-state index < -0.39 is 37.3 Å². The molecule has 2 aromatic rings. The third kappa shape index (κ3) is 9.43. The van der Waals surface area contributed by atoms with Crippen molar-refractivity contribution in [2.45, 2.75) is 25.8 Å². The maximum atomic E-state index is 13.9. The number of anilines is 1. The number of alkyl halides is 5. The molecular weight excluding hydrogens is 419 g/mol.